The number of Topliss-reactive ketones (excluding diaryl/α,β-unsaturated/α-hetero) is 1. The molecule has 0 fully saturated rings. The maximum atomic E-state index is 10.8. The van der Waals surface area contributed by atoms with Gasteiger partial charge in [0.2, 0.25) is 0 Å². The van der Waals surface area contributed by atoms with Gasteiger partial charge in [0.05, 0.1) is 6.61 Å². The van der Waals surface area contributed by atoms with E-state index in [9.17, 15) is 4.79 Å². The van der Waals surface area contributed by atoms with Crippen LogP contribution in [0.2, 0.25) is 0 Å². The molecule has 0 saturated heterocycles. The van der Waals surface area contributed by atoms with E-state index in [0.29, 0.717) is 5.92 Å². The molecule has 0 radical (unpaired) electrons. The largest absolute Gasteiger partial charge is 0.396 e. The first kappa shape index (κ1) is 9.63. The summed E-state index contributed by atoms with van der Waals surface area (Å²) in [7, 11) is 0. The van der Waals surface area contributed by atoms with E-state index in [-0.39, 0.29) is 18.3 Å². The highest BCUT2D eigenvalue weighted by Gasteiger charge is 2.13. The zero-order valence-corrected chi connectivity index (χ0v) is 6.92. The van der Waals surface area contributed by atoms with Gasteiger partial charge in [0.1, 0.15) is 5.78 Å². The number of ketones is 1. The highest BCUT2D eigenvalue weighted by atomic mass is 16.3. The lowest BCUT2D eigenvalue weighted by molar-refractivity contribution is -0.122. The number of rotatable bonds is 4. The topological polar surface area (TPSA) is 37.3 Å². The van der Waals surface area contributed by atoms with Crippen molar-refractivity contribution < 1.29 is 9.90 Å². The normalized spacial score (nSPS) is 13.7. The minimum atomic E-state index is -0.139. The number of hydrogen-bond donors (Lipinski definition) is 1. The summed E-state index contributed by atoms with van der Waals surface area (Å²) in [4.78, 5) is 10.8. The van der Waals surface area contributed by atoms with Crippen LogP contribution in [0.3, 0.4) is 0 Å². The van der Waals surface area contributed by atoms with Gasteiger partial charge < -0.3 is 5.11 Å². The van der Waals surface area contributed by atoms with Crippen LogP contribution in [0.15, 0.2) is 0 Å². The Morgan fingerprint density at radius 3 is 2.10 bits per heavy atom. The fourth-order valence-electron chi connectivity index (χ4n) is 0.938. The molecule has 0 aliphatic carbocycles. The minimum absolute atomic E-state index is 0.00644. The van der Waals surface area contributed by atoms with Crippen molar-refractivity contribution in [3.05, 3.63) is 0 Å². The molecule has 0 aromatic rings. The van der Waals surface area contributed by atoms with Crippen LogP contribution >= 0.6 is 0 Å². The van der Waals surface area contributed by atoms with Crippen LogP contribution in [0.25, 0.3) is 0 Å². The number of carbonyl (C=O) groups excluding carboxylic acids is 1. The van der Waals surface area contributed by atoms with Crippen LogP contribution in [-0.2, 0) is 4.79 Å². The lowest BCUT2D eigenvalue weighted by Gasteiger charge is -2.11. The summed E-state index contributed by atoms with van der Waals surface area (Å²) in [5, 5.41) is 8.72. The fourth-order valence-corrected chi connectivity index (χ4v) is 0.938. The van der Waals surface area contributed by atoms with Crippen molar-refractivity contribution in [1.29, 1.82) is 0 Å². The summed E-state index contributed by atoms with van der Waals surface area (Å²) in [5.74, 6) is 0.442. The predicted octanol–water partition coefficient (Wildman–Crippen LogP) is 1.23. The van der Waals surface area contributed by atoms with E-state index in [0.717, 1.165) is 6.42 Å². The molecule has 0 unspecified atom stereocenters. The second-order valence-electron chi connectivity index (χ2n) is 3.12. The van der Waals surface area contributed by atoms with Crippen molar-refractivity contribution in [3.63, 3.8) is 0 Å². The average Bonchev–Trinajstić information content (AvgIpc) is 1.81. The second-order valence-corrected chi connectivity index (χ2v) is 3.12. The van der Waals surface area contributed by atoms with Crippen LogP contribution in [0.5, 0.6) is 0 Å². The third-order valence-corrected chi connectivity index (χ3v) is 1.55. The van der Waals surface area contributed by atoms with Gasteiger partial charge in [-0.3, -0.25) is 4.79 Å². The van der Waals surface area contributed by atoms with Crippen LogP contribution in [0.4, 0.5) is 0 Å². The first-order chi connectivity index (χ1) is 4.57. The number of carbonyl (C=O) groups is 1. The van der Waals surface area contributed by atoms with Gasteiger partial charge in [0.25, 0.3) is 0 Å². The Labute approximate surface area is 62.2 Å². The number of hydrogen-bond acceptors (Lipinski definition) is 2. The summed E-state index contributed by atoms with van der Waals surface area (Å²) in [6.45, 7) is 5.62. The van der Waals surface area contributed by atoms with E-state index in [2.05, 4.69) is 0 Å². The van der Waals surface area contributed by atoms with E-state index in [1.54, 1.807) is 0 Å². The molecule has 0 saturated carbocycles. The van der Waals surface area contributed by atoms with E-state index in [1.807, 2.05) is 13.8 Å². The van der Waals surface area contributed by atoms with Gasteiger partial charge in [-0.05, 0) is 19.3 Å². The monoisotopic (exact) mass is 144 g/mol. The van der Waals surface area contributed by atoms with Gasteiger partial charge in [0.15, 0.2) is 0 Å². The molecule has 2 nitrogen and oxygen atoms in total. The maximum absolute atomic E-state index is 10.8. The van der Waals surface area contributed by atoms with E-state index in [4.69, 9.17) is 5.11 Å². The smallest absolute Gasteiger partial charge is 0.135 e. The minimum Gasteiger partial charge on any atom is -0.396 e. The summed E-state index contributed by atoms with van der Waals surface area (Å²) in [6.07, 6.45) is 0.797. The molecular formula is C8H16O2. The Morgan fingerprint density at radius 1 is 1.50 bits per heavy atom. The van der Waals surface area contributed by atoms with Gasteiger partial charge in [-0.2, -0.15) is 0 Å². The van der Waals surface area contributed by atoms with Gasteiger partial charge in [0, 0.05) is 5.92 Å². The SMILES string of the molecule is CC(=O)[C@H](CO)CC(C)C. The Morgan fingerprint density at radius 2 is 2.00 bits per heavy atom. The van der Waals surface area contributed by atoms with Crippen molar-refractivity contribution in [3.8, 4) is 0 Å². The maximum Gasteiger partial charge on any atom is 0.135 e. The molecule has 10 heavy (non-hydrogen) atoms. The first-order valence-electron chi connectivity index (χ1n) is 3.69. The average molecular weight is 144 g/mol. The third kappa shape index (κ3) is 3.62. The summed E-state index contributed by atoms with van der Waals surface area (Å²) in [5.41, 5.74) is 0. The quantitative estimate of drug-likeness (QED) is 0.644. The zero-order valence-electron chi connectivity index (χ0n) is 6.92. The molecule has 0 rings (SSSR count). The van der Waals surface area contributed by atoms with Gasteiger partial charge in [-0.25, -0.2) is 0 Å². The van der Waals surface area contributed by atoms with E-state index < -0.39 is 0 Å². The van der Waals surface area contributed by atoms with Crippen molar-refractivity contribution >= 4 is 5.78 Å². The van der Waals surface area contributed by atoms with E-state index in [1.165, 1.54) is 6.92 Å². The van der Waals surface area contributed by atoms with Gasteiger partial charge in [-0.15, -0.1) is 0 Å². The molecule has 0 spiro atoms. The standard InChI is InChI=1S/C8H16O2/c1-6(2)4-8(5-9)7(3)10/h6,8-9H,4-5H2,1-3H3/t8-/m0/s1. The Bertz CT molecular complexity index is 108. The highest BCUT2D eigenvalue weighted by Crippen LogP contribution is 2.11. The molecule has 0 aromatic heterocycles. The Balaban J connectivity index is 3.72. The van der Waals surface area contributed by atoms with Gasteiger partial charge >= 0.3 is 0 Å². The molecule has 0 aliphatic heterocycles. The zero-order chi connectivity index (χ0) is 8.15. The first-order valence-corrected chi connectivity index (χ1v) is 3.69. The molecule has 60 valence electrons. The molecule has 0 bridgehead atoms. The summed E-state index contributed by atoms with van der Waals surface area (Å²) >= 11 is 0. The Kier molecular flexibility index (Phi) is 4.28. The molecule has 1 N–H and O–H groups in total. The predicted molar refractivity (Wildman–Crippen MR) is 40.7 cm³/mol. The third-order valence-electron chi connectivity index (χ3n) is 1.55. The van der Waals surface area contributed by atoms with Crippen LogP contribution < -0.4 is 0 Å². The molecule has 0 amide bonds. The molecule has 2 heteroatoms. The van der Waals surface area contributed by atoms with Crippen LogP contribution in [0, 0.1) is 11.8 Å². The lowest BCUT2D eigenvalue weighted by atomic mass is 9.95. The van der Waals surface area contributed by atoms with Crippen molar-refractivity contribution in [2.75, 3.05) is 6.61 Å². The lowest BCUT2D eigenvalue weighted by Crippen LogP contribution is -2.17. The summed E-state index contributed by atoms with van der Waals surface area (Å²) < 4.78 is 0. The molecule has 1 atom stereocenters. The van der Waals surface area contributed by atoms with Gasteiger partial charge in [-0.1, -0.05) is 13.8 Å². The fraction of sp³-hybridized carbons (Fsp3) is 0.875. The van der Waals surface area contributed by atoms with Crippen LogP contribution in [0.1, 0.15) is 27.2 Å². The molecular weight excluding hydrogens is 128 g/mol. The number of aliphatic hydroxyl groups is 1. The second kappa shape index (κ2) is 4.45. The molecule has 0 aromatic carbocycles. The van der Waals surface area contributed by atoms with Crippen LogP contribution in [-0.4, -0.2) is 17.5 Å². The van der Waals surface area contributed by atoms with Crippen molar-refractivity contribution in [2.24, 2.45) is 11.8 Å². The highest BCUT2D eigenvalue weighted by molar-refractivity contribution is 5.78. The molecule has 0 heterocycles. The van der Waals surface area contributed by atoms with Crippen molar-refractivity contribution in [1.82, 2.24) is 0 Å². The van der Waals surface area contributed by atoms with E-state index >= 15 is 0 Å². The summed E-state index contributed by atoms with van der Waals surface area (Å²) in [6, 6.07) is 0. The number of aliphatic hydroxyl groups excluding tert-OH is 1. The Hall–Kier alpha value is -0.370. The van der Waals surface area contributed by atoms with Crippen molar-refractivity contribution in [2.45, 2.75) is 27.2 Å². The molecule has 0 aliphatic rings.